The molecule has 0 saturated carbocycles. The molecule has 74 valence electrons. The van der Waals surface area contributed by atoms with Gasteiger partial charge in [0.05, 0.1) is 5.84 Å². The molecule has 0 spiro atoms. The van der Waals surface area contributed by atoms with E-state index in [0.29, 0.717) is 0 Å². The Labute approximate surface area is 88.3 Å². The van der Waals surface area contributed by atoms with Crippen molar-refractivity contribution in [3.8, 4) is 0 Å². The van der Waals surface area contributed by atoms with Gasteiger partial charge in [0.15, 0.2) is 0 Å². The van der Waals surface area contributed by atoms with E-state index in [4.69, 9.17) is 5.41 Å². The molecule has 0 aromatic carbocycles. The number of likely N-dealkylation sites (tertiary alicyclic amines) is 1. The van der Waals surface area contributed by atoms with Gasteiger partial charge < -0.3 is 4.90 Å². The molecule has 1 N–H and O–H groups in total. The van der Waals surface area contributed by atoms with E-state index < -0.39 is 0 Å². The Morgan fingerprint density at radius 2 is 2.38 bits per heavy atom. The van der Waals surface area contributed by atoms with Crippen LogP contribution in [-0.4, -0.2) is 46.3 Å². The standard InChI is InChI=1S/C9H16N2S2/c10-9-2-1-3-11(9)6-8-7-12-4-5-13-8/h8,10H,1-7H2. The van der Waals surface area contributed by atoms with Crippen LogP contribution in [0, 0.1) is 5.41 Å². The van der Waals surface area contributed by atoms with Crippen molar-refractivity contribution in [1.29, 1.82) is 5.41 Å². The van der Waals surface area contributed by atoms with Gasteiger partial charge in [-0.15, -0.1) is 0 Å². The van der Waals surface area contributed by atoms with Crippen molar-refractivity contribution in [2.45, 2.75) is 18.1 Å². The molecular weight excluding hydrogens is 200 g/mol. The molecule has 0 aromatic rings. The van der Waals surface area contributed by atoms with Gasteiger partial charge in [-0.05, 0) is 6.42 Å². The summed E-state index contributed by atoms with van der Waals surface area (Å²) >= 11 is 4.16. The molecular formula is C9H16N2S2. The van der Waals surface area contributed by atoms with E-state index in [9.17, 15) is 0 Å². The van der Waals surface area contributed by atoms with Gasteiger partial charge >= 0.3 is 0 Å². The Morgan fingerprint density at radius 1 is 1.46 bits per heavy atom. The molecule has 2 saturated heterocycles. The molecule has 1 atom stereocenters. The van der Waals surface area contributed by atoms with Crippen LogP contribution in [0.5, 0.6) is 0 Å². The summed E-state index contributed by atoms with van der Waals surface area (Å²) in [7, 11) is 0. The molecule has 2 aliphatic heterocycles. The topological polar surface area (TPSA) is 27.1 Å². The number of rotatable bonds is 2. The van der Waals surface area contributed by atoms with Crippen molar-refractivity contribution in [1.82, 2.24) is 4.90 Å². The zero-order valence-electron chi connectivity index (χ0n) is 7.79. The van der Waals surface area contributed by atoms with Crippen molar-refractivity contribution >= 4 is 29.4 Å². The average Bonchev–Trinajstić information content (AvgIpc) is 2.54. The molecule has 0 aromatic heterocycles. The Bertz CT molecular complexity index is 190. The van der Waals surface area contributed by atoms with Gasteiger partial charge in [-0.2, -0.15) is 23.5 Å². The third-order valence-electron chi connectivity index (χ3n) is 2.53. The molecule has 2 heterocycles. The second-order valence-electron chi connectivity index (χ2n) is 3.56. The number of amidine groups is 1. The van der Waals surface area contributed by atoms with E-state index in [-0.39, 0.29) is 0 Å². The zero-order chi connectivity index (χ0) is 9.10. The van der Waals surface area contributed by atoms with Crippen LogP contribution in [0.25, 0.3) is 0 Å². The summed E-state index contributed by atoms with van der Waals surface area (Å²) in [5.41, 5.74) is 0. The molecule has 0 amide bonds. The van der Waals surface area contributed by atoms with Gasteiger partial charge in [0.25, 0.3) is 0 Å². The maximum Gasteiger partial charge on any atom is 0.0958 e. The molecule has 2 aliphatic rings. The van der Waals surface area contributed by atoms with Crippen LogP contribution in [0.3, 0.4) is 0 Å². The minimum absolute atomic E-state index is 0.775. The van der Waals surface area contributed by atoms with Crippen LogP contribution in [0.1, 0.15) is 12.8 Å². The second-order valence-corrected chi connectivity index (χ2v) is 6.12. The van der Waals surface area contributed by atoms with Gasteiger partial charge in [-0.3, -0.25) is 5.41 Å². The van der Waals surface area contributed by atoms with Crippen molar-refractivity contribution in [3.05, 3.63) is 0 Å². The second kappa shape index (κ2) is 4.60. The average molecular weight is 216 g/mol. The molecule has 2 fully saturated rings. The summed E-state index contributed by atoms with van der Waals surface area (Å²) in [5, 5.41) is 8.51. The Morgan fingerprint density at radius 3 is 3.00 bits per heavy atom. The maximum atomic E-state index is 7.73. The molecule has 0 bridgehead atoms. The quantitative estimate of drug-likeness (QED) is 0.764. The summed E-state index contributed by atoms with van der Waals surface area (Å²) < 4.78 is 0. The van der Waals surface area contributed by atoms with Crippen LogP contribution in [0.4, 0.5) is 0 Å². The van der Waals surface area contributed by atoms with Crippen molar-refractivity contribution in [2.75, 3.05) is 30.3 Å². The van der Waals surface area contributed by atoms with Gasteiger partial charge in [0, 0.05) is 42.0 Å². The fraction of sp³-hybridized carbons (Fsp3) is 0.889. The third-order valence-corrected chi connectivity index (χ3v) is 5.36. The molecule has 13 heavy (non-hydrogen) atoms. The predicted octanol–water partition coefficient (Wildman–Crippen LogP) is 1.91. The Balaban J connectivity index is 1.79. The fourth-order valence-corrected chi connectivity index (χ4v) is 4.50. The lowest BCUT2D eigenvalue weighted by atomic mass is 10.4. The maximum absolute atomic E-state index is 7.73. The van der Waals surface area contributed by atoms with Crippen molar-refractivity contribution < 1.29 is 0 Å². The lowest BCUT2D eigenvalue weighted by molar-refractivity contribution is 0.456. The first-order chi connectivity index (χ1) is 6.36. The Hall–Kier alpha value is 0.170. The highest BCUT2D eigenvalue weighted by molar-refractivity contribution is 8.06. The first-order valence-electron chi connectivity index (χ1n) is 4.88. The van der Waals surface area contributed by atoms with Crippen molar-refractivity contribution in [3.63, 3.8) is 0 Å². The van der Waals surface area contributed by atoms with E-state index >= 15 is 0 Å². The van der Waals surface area contributed by atoms with Crippen LogP contribution in [0.15, 0.2) is 0 Å². The zero-order valence-corrected chi connectivity index (χ0v) is 9.42. The van der Waals surface area contributed by atoms with E-state index in [1.807, 2.05) is 0 Å². The van der Waals surface area contributed by atoms with Crippen LogP contribution < -0.4 is 0 Å². The first-order valence-corrected chi connectivity index (χ1v) is 7.08. The number of nitrogens with one attached hydrogen (secondary N) is 1. The summed E-state index contributed by atoms with van der Waals surface area (Å²) in [6.07, 6.45) is 2.20. The van der Waals surface area contributed by atoms with Gasteiger partial charge in [-0.25, -0.2) is 0 Å². The number of thioether (sulfide) groups is 2. The molecule has 2 rings (SSSR count). The number of hydrogen-bond donors (Lipinski definition) is 1. The highest BCUT2D eigenvalue weighted by atomic mass is 32.2. The van der Waals surface area contributed by atoms with Gasteiger partial charge in [-0.1, -0.05) is 0 Å². The summed E-state index contributed by atoms with van der Waals surface area (Å²) in [5.74, 6) is 4.78. The molecule has 0 radical (unpaired) electrons. The normalized spacial score (nSPS) is 29.7. The van der Waals surface area contributed by atoms with E-state index in [2.05, 4.69) is 28.4 Å². The predicted molar refractivity (Wildman–Crippen MR) is 62.1 cm³/mol. The summed E-state index contributed by atoms with van der Waals surface area (Å²) in [4.78, 5) is 2.27. The van der Waals surface area contributed by atoms with E-state index in [1.165, 1.54) is 23.7 Å². The van der Waals surface area contributed by atoms with Gasteiger partial charge in [0.2, 0.25) is 0 Å². The highest BCUT2D eigenvalue weighted by Crippen LogP contribution is 2.25. The molecule has 4 heteroatoms. The van der Waals surface area contributed by atoms with Crippen LogP contribution in [-0.2, 0) is 0 Å². The number of hydrogen-bond acceptors (Lipinski definition) is 3. The van der Waals surface area contributed by atoms with Gasteiger partial charge in [0.1, 0.15) is 0 Å². The lowest BCUT2D eigenvalue weighted by Gasteiger charge is -2.27. The van der Waals surface area contributed by atoms with E-state index in [0.717, 1.165) is 30.6 Å². The Kier molecular flexibility index (Phi) is 3.44. The summed E-state index contributed by atoms with van der Waals surface area (Å²) in [6.45, 7) is 2.25. The fourth-order valence-electron chi connectivity index (χ4n) is 1.82. The smallest absolute Gasteiger partial charge is 0.0958 e. The third kappa shape index (κ3) is 2.56. The number of nitrogens with zero attached hydrogens (tertiary/aromatic N) is 1. The SMILES string of the molecule is N=C1CCCN1CC1CSCCS1. The molecule has 1 unspecified atom stereocenters. The lowest BCUT2D eigenvalue weighted by Crippen LogP contribution is -2.34. The van der Waals surface area contributed by atoms with Crippen LogP contribution in [0.2, 0.25) is 0 Å². The monoisotopic (exact) mass is 216 g/mol. The molecule has 0 aliphatic carbocycles. The van der Waals surface area contributed by atoms with Crippen molar-refractivity contribution in [2.24, 2.45) is 0 Å². The minimum Gasteiger partial charge on any atom is -0.359 e. The summed E-state index contributed by atoms with van der Waals surface area (Å²) in [6, 6.07) is 0. The minimum atomic E-state index is 0.775. The van der Waals surface area contributed by atoms with E-state index in [1.54, 1.807) is 0 Å². The molecule has 2 nitrogen and oxygen atoms in total. The first kappa shape index (κ1) is 9.71. The highest BCUT2D eigenvalue weighted by Gasteiger charge is 2.22. The van der Waals surface area contributed by atoms with Crippen LogP contribution >= 0.6 is 23.5 Å². The largest absolute Gasteiger partial charge is 0.359 e.